The van der Waals surface area contributed by atoms with Crippen molar-refractivity contribution in [3.63, 3.8) is 0 Å². The van der Waals surface area contributed by atoms with Gasteiger partial charge in [0, 0.05) is 27.8 Å². The lowest BCUT2D eigenvalue weighted by Crippen LogP contribution is -2.28. The summed E-state index contributed by atoms with van der Waals surface area (Å²) >= 11 is 0. The molecule has 316 valence electrons. The first kappa shape index (κ1) is 38.9. The van der Waals surface area contributed by atoms with E-state index in [2.05, 4.69) is 231 Å². The molecule has 1 saturated carbocycles. The Bertz CT molecular complexity index is 3550. The summed E-state index contributed by atoms with van der Waals surface area (Å²) in [5, 5.41) is 5.10. The van der Waals surface area contributed by atoms with Crippen molar-refractivity contribution in [2.45, 2.75) is 56.8 Å². The minimum absolute atomic E-state index is 0.0492. The smallest absolute Gasteiger partial charge is 0.0540 e. The molecule has 0 heterocycles. The second kappa shape index (κ2) is 15.0. The SMILES string of the molecule is CC1(C)c2ccccc2-c2cccc(-c3ccccc3-c3ccc(N(c4ccc5c(c4)C4(CCCCC4)c4ccccc4-5)c4ccccc4-c4ccc5c(ccc6ccccc65)c4)cc3)c21. The van der Waals surface area contributed by atoms with Crippen molar-refractivity contribution >= 4 is 38.6 Å². The molecule has 0 N–H and O–H groups in total. The number of hydrogen-bond acceptors (Lipinski definition) is 1. The predicted octanol–water partition coefficient (Wildman–Crippen LogP) is 18.0. The molecule has 66 heavy (non-hydrogen) atoms. The van der Waals surface area contributed by atoms with E-state index in [1.807, 2.05) is 0 Å². The van der Waals surface area contributed by atoms with Gasteiger partial charge in [0.15, 0.2) is 0 Å². The van der Waals surface area contributed by atoms with Gasteiger partial charge >= 0.3 is 0 Å². The normalized spacial score (nSPS) is 15.1. The molecule has 0 unspecified atom stereocenters. The monoisotopic (exact) mass is 845 g/mol. The standard InChI is InChI=1S/C65H51N/c1-64(2)59-26-11-8-23-55(59)58-25-16-24-57(63(58)64)53-21-7-6-19-50(53)44-31-34-47(35-32-44)66(48-36-38-56-54-22-9-12-27-60(54)65(61(56)42-48)39-14-3-15-40-65)62-28-13-10-20-52(62)46-33-37-51-45(41-46)30-29-43-17-4-5-18-49(43)51/h4-13,16-38,41-42H,3,14-15,39-40H2,1-2H3. The van der Waals surface area contributed by atoms with Crippen molar-refractivity contribution in [2.24, 2.45) is 0 Å². The summed E-state index contributed by atoms with van der Waals surface area (Å²) in [6.07, 6.45) is 6.24. The summed E-state index contributed by atoms with van der Waals surface area (Å²) in [5.74, 6) is 0. The minimum atomic E-state index is -0.111. The van der Waals surface area contributed by atoms with Crippen molar-refractivity contribution in [3.05, 3.63) is 235 Å². The van der Waals surface area contributed by atoms with Gasteiger partial charge in [0.2, 0.25) is 0 Å². The fourth-order valence-corrected chi connectivity index (χ4v) is 12.6. The molecule has 10 aromatic carbocycles. The molecule has 1 nitrogen and oxygen atoms in total. The van der Waals surface area contributed by atoms with Gasteiger partial charge in [0.25, 0.3) is 0 Å². The summed E-state index contributed by atoms with van der Waals surface area (Å²) < 4.78 is 0. The molecule has 1 spiro atoms. The highest BCUT2D eigenvalue weighted by Crippen LogP contribution is 2.58. The lowest BCUT2D eigenvalue weighted by Gasteiger charge is -2.37. The van der Waals surface area contributed by atoms with Gasteiger partial charge < -0.3 is 4.90 Å². The molecule has 13 rings (SSSR count). The van der Waals surface area contributed by atoms with Crippen LogP contribution in [-0.2, 0) is 10.8 Å². The van der Waals surface area contributed by atoms with Gasteiger partial charge in [0.05, 0.1) is 5.69 Å². The third-order valence-corrected chi connectivity index (χ3v) is 15.7. The highest BCUT2D eigenvalue weighted by Gasteiger charge is 2.44. The summed E-state index contributed by atoms with van der Waals surface area (Å²) in [6, 6.07) is 80.1. The van der Waals surface area contributed by atoms with E-state index >= 15 is 0 Å². The zero-order valence-corrected chi connectivity index (χ0v) is 37.7. The van der Waals surface area contributed by atoms with Gasteiger partial charge in [-0.2, -0.15) is 0 Å². The number of anilines is 3. The number of hydrogen-bond donors (Lipinski definition) is 0. The van der Waals surface area contributed by atoms with Crippen LogP contribution in [-0.4, -0.2) is 0 Å². The first-order chi connectivity index (χ1) is 32.5. The maximum Gasteiger partial charge on any atom is 0.0540 e. The van der Waals surface area contributed by atoms with E-state index < -0.39 is 0 Å². The van der Waals surface area contributed by atoms with Gasteiger partial charge in [-0.1, -0.05) is 209 Å². The van der Waals surface area contributed by atoms with E-state index in [0.717, 1.165) is 5.69 Å². The topological polar surface area (TPSA) is 3.24 Å². The summed E-state index contributed by atoms with van der Waals surface area (Å²) in [7, 11) is 0. The van der Waals surface area contributed by atoms with Crippen LogP contribution in [0.15, 0.2) is 212 Å². The Balaban J connectivity index is 0.968. The molecule has 1 heteroatoms. The lowest BCUT2D eigenvalue weighted by molar-refractivity contribution is 0.353. The Hall–Kier alpha value is -7.48. The van der Waals surface area contributed by atoms with Crippen LogP contribution < -0.4 is 4.90 Å². The van der Waals surface area contributed by atoms with Crippen molar-refractivity contribution < 1.29 is 0 Å². The van der Waals surface area contributed by atoms with Crippen LogP contribution in [0.2, 0.25) is 0 Å². The molecule has 1 fully saturated rings. The second-order valence-electron chi connectivity index (χ2n) is 19.5. The summed E-state index contributed by atoms with van der Waals surface area (Å²) in [4.78, 5) is 2.53. The fraction of sp³-hybridized carbons (Fsp3) is 0.138. The van der Waals surface area contributed by atoms with Crippen molar-refractivity contribution in [2.75, 3.05) is 4.90 Å². The number of rotatable bonds is 6. The van der Waals surface area contributed by atoms with Crippen LogP contribution in [0.25, 0.3) is 77.2 Å². The number of benzene rings is 10. The molecular formula is C65H51N. The van der Waals surface area contributed by atoms with Crippen LogP contribution >= 0.6 is 0 Å². The van der Waals surface area contributed by atoms with Crippen molar-refractivity contribution in [1.29, 1.82) is 0 Å². The molecule has 0 bridgehead atoms. The Labute approximate surface area is 388 Å². The maximum atomic E-state index is 2.56. The second-order valence-corrected chi connectivity index (χ2v) is 19.5. The van der Waals surface area contributed by atoms with Gasteiger partial charge in [0.1, 0.15) is 0 Å². The van der Waals surface area contributed by atoms with Crippen LogP contribution in [0, 0.1) is 0 Å². The lowest BCUT2D eigenvalue weighted by atomic mass is 9.68. The number of para-hydroxylation sites is 1. The van der Waals surface area contributed by atoms with Crippen LogP contribution in [0.3, 0.4) is 0 Å². The zero-order valence-electron chi connectivity index (χ0n) is 37.7. The third kappa shape index (κ3) is 5.85. The van der Waals surface area contributed by atoms with E-state index in [1.54, 1.807) is 0 Å². The predicted molar refractivity (Wildman–Crippen MR) is 279 cm³/mol. The largest absolute Gasteiger partial charge is 0.310 e. The Morgan fingerprint density at radius 2 is 0.909 bits per heavy atom. The molecular weight excluding hydrogens is 795 g/mol. The first-order valence-electron chi connectivity index (χ1n) is 24.0. The Morgan fingerprint density at radius 3 is 1.71 bits per heavy atom. The molecule has 0 atom stereocenters. The highest BCUT2D eigenvalue weighted by molar-refractivity contribution is 6.09. The van der Waals surface area contributed by atoms with E-state index in [0.29, 0.717) is 0 Å². The average molecular weight is 846 g/mol. The zero-order chi connectivity index (χ0) is 44.0. The van der Waals surface area contributed by atoms with Gasteiger partial charge in [-0.3, -0.25) is 0 Å². The van der Waals surface area contributed by atoms with Crippen LogP contribution in [0.1, 0.15) is 68.2 Å². The Morgan fingerprint density at radius 1 is 0.348 bits per heavy atom. The maximum absolute atomic E-state index is 2.56. The summed E-state index contributed by atoms with van der Waals surface area (Å²) in [6.45, 7) is 4.78. The van der Waals surface area contributed by atoms with Crippen LogP contribution in [0.4, 0.5) is 17.1 Å². The van der Waals surface area contributed by atoms with E-state index in [1.165, 1.54) is 143 Å². The van der Waals surface area contributed by atoms with Gasteiger partial charge in [-0.25, -0.2) is 0 Å². The number of fused-ring (bicyclic) bond motifs is 11. The Kier molecular flexibility index (Phi) is 8.87. The molecule has 3 aliphatic carbocycles. The van der Waals surface area contributed by atoms with Crippen molar-refractivity contribution in [3.8, 4) is 55.6 Å². The summed E-state index contributed by atoms with van der Waals surface area (Å²) in [5.41, 5.74) is 22.2. The molecule has 0 radical (unpaired) electrons. The first-order valence-corrected chi connectivity index (χ1v) is 24.0. The molecule has 3 aliphatic rings. The average Bonchev–Trinajstić information content (AvgIpc) is 3.78. The molecule has 0 saturated heterocycles. The quantitative estimate of drug-likeness (QED) is 0.151. The van der Waals surface area contributed by atoms with E-state index in [-0.39, 0.29) is 10.8 Å². The van der Waals surface area contributed by atoms with Gasteiger partial charge in [-0.05, 0) is 143 Å². The third-order valence-electron chi connectivity index (χ3n) is 15.7. The number of nitrogens with zero attached hydrogens (tertiary/aromatic N) is 1. The molecule has 10 aromatic rings. The van der Waals surface area contributed by atoms with Crippen molar-refractivity contribution in [1.82, 2.24) is 0 Å². The molecule has 0 aliphatic heterocycles. The van der Waals surface area contributed by atoms with E-state index in [9.17, 15) is 0 Å². The highest BCUT2D eigenvalue weighted by atomic mass is 15.1. The molecule has 0 aromatic heterocycles. The minimum Gasteiger partial charge on any atom is -0.310 e. The van der Waals surface area contributed by atoms with Gasteiger partial charge in [-0.15, -0.1) is 0 Å². The molecule has 0 amide bonds. The van der Waals surface area contributed by atoms with E-state index in [4.69, 9.17) is 0 Å². The van der Waals surface area contributed by atoms with Crippen LogP contribution in [0.5, 0.6) is 0 Å². The fourth-order valence-electron chi connectivity index (χ4n) is 12.6.